The van der Waals surface area contributed by atoms with E-state index < -0.39 is 5.78 Å². The quantitative estimate of drug-likeness (QED) is 0.373. The molecule has 0 N–H and O–H groups in total. The molecule has 2 nitrogen and oxygen atoms in total. The van der Waals surface area contributed by atoms with Crippen LogP contribution in [0.25, 0.3) is 0 Å². The van der Waals surface area contributed by atoms with E-state index in [1.54, 1.807) is 30.2 Å². The standard InChI is InChI=1S/C9H13NOS/c1-3-4-5-12-7-8(2)9(11)6-10/h7H,3-5H2,1-2H3/b8-7+. The SMILES string of the molecule is CCCCS/C=C(\C)C(=O)C#N. The minimum absolute atomic E-state index is 0.431. The van der Waals surface area contributed by atoms with Gasteiger partial charge in [-0.1, -0.05) is 13.3 Å². The number of hydrogen-bond donors (Lipinski definition) is 0. The average molecular weight is 183 g/mol. The van der Waals surface area contributed by atoms with Crippen LogP contribution in [-0.4, -0.2) is 11.5 Å². The van der Waals surface area contributed by atoms with E-state index in [0.29, 0.717) is 5.57 Å². The third-order valence-electron chi connectivity index (χ3n) is 1.34. The molecule has 0 aliphatic carbocycles. The van der Waals surface area contributed by atoms with E-state index in [1.165, 1.54) is 0 Å². The van der Waals surface area contributed by atoms with E-state index in [4.69, 9.17) is 5.26 Å². The highest BCUT2D eigenvalue weighted by Gasteiger charge is 1.99. The third kappa shape index (κ3) is 4.97. The van der Waals surface area contributed by atoms with Gasteiger partial charge in [-0.05, 0) is 24.5 Å². The second kappa shape index (κ2) is 6.93. The zero-order valence-electron chi connectivity index (χ0n) is 7.46. The highest BCUT2D eigenvalue weighted by Crippen LogP contribution is 2.09. The van der Waals surface area contributed by atoms with Gasteiger partial charge in [-0.2, -0.15) is 5.26 Å². The van der Waals surface area contributed by atoms with Crippen LogP contribution in [0, 0.1) is 11.3 Å². The van der Waals surface area contributed by atoms with E-state index >= 15 is 0 Å². The Morgan fingerprint density at radius 1 is 1.67 bits per heavy atom. The molecule has 0 aliphatic heterocycles. The molecule has 0 aliphatic rings. The number of rotatable bonds is 5. The van der Waals surface area contributed by atoms with Gasteiger partial charge in [-0.3, -0.25) is 4.79 Å². The Labute approximate surface area is 77.6 Å². The number of carbonyl (C=O) groups excluding carboxylic acids is 1. The van der Waals surface area contributed by atoms with Crippen molar-refractivity contribution < 1.29 is 4.79 Å². The van der Waals surface area contributed by atoms with E-state index in [1.807, 2.05) is 0 Å². The molecule has 0 unspecified atom stereocenters. The van der Waals surface area contributed by atoms with Gasteiger partial charge in [0.05, 0.1) is 0 Å². The number of thioether (sulfide) groups is 1. The first-order valence-corrected chi connectivity index (χ1v) is 5.00. The van der Waals surface area contributed by atoms with Crippen molar-refractivity contribution in [3.05, 3.63) is 11.0 Å². The molecule has 0 saturated heterocycles. The summed E-state index contributed by atoms with van der Waals surface area (Å²) in [6, 6.07) is 1.59. The minimum atomic E-state index is -0.431. The Morgan fingerprint density at radius 2 is 2.33 bits per heavy atom. The van der Waals surface area contributed by atoms with E-state index in [2.05, 4.69) is 6.92 Å². The number of unbranched alkanes of at least 4 members (excludes halogenated alkanes) is 1. The van der Waals surface area contributed by atoms with Gasteiger partial charge in [-0.25, -0.2) is 0 Å². The monoisotopic (exact) mass is 183 g/mol. The predicted octanol–water partition coefficient (Wildman–Crippen LogP) is 2.52. The molecule has 0 aromatic carbocycles. The summed E-state index contributed by atoms with van der Waals surface area (Å²) in [6.45, 7) is 3.79. The number of allylic oxidation sites excluding steroid dienone is 1. The van der Waals surface area contributed by atoms with Crippen molar-refractivity contribution in [2.75, 3.05) is 5.75 Å². The van der Waals surface area contributed by atoms with Crippen LogP contribution >= 0.6 is 11.8 Å². The molecule has 3 heteroatoms. The van der Waals surface area contributed by atoms with Crippen molar-refractivity contribution in [1.29, 1.82) is 5.26 Å². The molecule has 0 aromatic heterocycles. The van der Waals surface area contributed by atoms with Crippen LogP contribution in [0.4, 0.5) is 0 Å². The Kier molecular flexibility index (Phi) is 6.50. The number of ketones is 1. The minimum Gasteiger partial charge on any atom is -0.277 e. The first-order chi connectivity index (χ1) is 5.72. The summed E-state index contributed by atoms with van der Waals surface area (Å²) in [5.74, 6) is 0.589. The van der Waals surface area contributed by atoms with Gasteiger partial charge in [0.1, 0.15) is 6.07 Å². The van der Waals surface area contributed by atoms with Gasteiger partial charge >= 0.3 is 0 Å². The molecule has 0 heterocycles. The van der Waals surface area contributed by atoms with Gasteiger partial charge in [-0.15, -0.1) is 11.8 Å². The van der Waals surface area contributed by atoms with Gasteiger partial charge in [0.15, 0.2) is 0 Å². The van der Waals surface area contributed by atoms with Crippen LogP contribution < -0.4 is 0 Å². The third-order valence-corrected chi connectivity index (χ3v) is 2.38. The maximum absolute atomic E-state index is 10.7. The first kappa shape index (κ1) is 11.2. The summed E-state index contributed by atoms with van der Waals surface area (Å²) in [4.78, 5) is 10.7. The molecule has 0 saturated carbocycles. The highest BCUT2D eigenvalue weighted by atomic mass is 32.2. The Morgan fingerprint density at radius 3 is 2.83 bits per heavy atom. The topological polar surface area (TPSA) is 40.9 Å². The molecule has 0 aromatic rings. The molecule has 0 atom stereocenters. The summed E-state index contributed by atoms with van der Waals surface area (Å²) in [5.41, 5.74) is 0.540. The number of hydrogen-bond acceptors (Lipinski definition) is 3. The molecule has 0 radical (unpaired) electrons. The summed E-state index contributed by atoms with van der Waals surface area (Å²) in [5, 5.41) is 10.0. The Hall–Kier alpha value is -0.750. The average Bonchev–Trinajstić information content (AvgIpc) is 2.10. The molecular weight excluding hydrogens is 170 g/mol. The largest absolute Gasteiger partial charge is 0.277 e. The van der Waals surface area contributed by atoms with Crippen LogP contribution in [0.5, 0.6) is 0 Å². The summed E-state index contributed by atoms with van der Waals surface area (Å²) >= 11 is 1.60. The lowest BCUT2D eigenvalue weighted by molar-refractivity contribution is -0.110. The molecular formula is C9H13NOS. The van der Waals surface area contributed by atoms with Crippen molar-refractivity contribution in [3.63, 3.8) is 0 Å². The molecule has 0 amide bonds. The van der Waals surface area contributed by atoms with Crippen LogP contribution in [0.3, 0.4) is 0 Å². The van der Waals surface area contributed by atoms with Crippen LogP contribution in [0.1, 0.15) is 26.7 Å². The predicted molar refractivity (Wildman–Crippen MR) is 51.7 cm³/mol. The smallest absolute Gasteiger partial charge is 0.258 e. The lowest BCUT2D eigenvalue weighted by atomic mass is 10.2. The zero-order valence-corrected chi connectivity index (χ0v) is 8.28. The normalized spacial score (nSPS) is 10.9. The summed E-state index contributed by atoms with van der Waals surface area (Å²) in [7, 11) is 0. The fourth-order valence-corrected chi connectivity index (χ4v) is 1.48. The van der Waals surface area contributed by atoms with Crippen molar-refractivity contribution in [2.45, 2.75) is 26.7 Å². The van der Waals surface area contributed by atoms with Gasteiger partial charge in [0.2, 0.25) is 0 Å². The summed E-state index contributed by atoms with van der Waals surface area (Å²) in [6.07, 6.45) is 2.31. The highest BCUT2D eigenvalue weighted by molar-refractivity contribution is 8.02. The van der Waals surface area contributed by atoms with Crippen LogP contribution in [0.15, 0.2) is 11.0 Å². The van der Waals surface area contributed by atoms with Crippen molar-refractivity contribution in [1.82, 2.24) is 0 Å². The molecule has 12 heavy (non-hydrogen) atoms. The molecule has 66 valence electrons. The van der Waals surface area contributed by atoms with Crippen LogP contribution in [0.2, 0.25) is 0 Å². The van der Waals surface area contributed by atoms with Gasteiger partial charge in [0, 0.05) is 5.57 Å². The van der Waals surface area contributed by atoms with Gasteiger partial charge in [0.25, 0.3) is 5.78 Å². The fraction of sp³-hybridized carbons (Fsp3) is 0.556. The zero-order chi connectivity index (χ0) is 9.40. The molecule has 0 bridgehead atoms. The Balaban J connectivity index is 3.71. The maximum atomic E-state index is 10.7. The number of nitriles is 1. The summed E-state index contributed by atoms with van der Waals surface area (Å²) < 4.78 is 0. The lowest BCUT2D eigenvalue weighted by Gasteiger charge is -1.93. The van der Waals surface area contributed by atoms with E-state index in [0.717, 1.165) is 18.6 Å². The van der Waals surface area contributed by atoms with Crippen molar-refractivity contribution >= 4 is 17.5 Å². The number of Topliss-reactive ketones (excluding diaryl/α,β-unsaturated/α-hetero) is 1. The number of carbonyl (C=O) groups is 1. The van der Waals surface area contributed by atoms with E-state index in [-0.39, 0.29) is 0 Å². The Bertz CT molecular complexity index is 215. The lowest BCUT2D eigenvalue weighted by Crippen LogP contribution is -1.93. The van der Waals surface area contributed by atoms with E-state index in [9.17, 15) is 4.79 Å². The second-order valence-electron chi connectivity index (χ2n) is 2.47. The molecule has 0 fully saturated rings. The number of nitrogens with zero attached hydrogens (tertiary/aromatic N) is 1. The van der Waals surface area contributed by atoms with Crippen LogP contribution in [-0.2, 0) is 4.79 Å². The first-order valence-electron chi connectivity index (χ1n) is 3.95. The van der Waals surface area contributed by atoms with Gasteiger partial charge < -0.3 is 0 Å². The van der Waals surface area contributed by atoms with Crippen molar-refractivity contribution in [3.8, 4) is 6.07 Å². The fourth-order valence-electron chi connectivity index (χ4n) is 0.553. The molecule has 0 spiro atoms. The second-order valence-corrected chi connectivity index (χ2v) is 3.44. The maximum Gasteiger partial charge on any atom is 0.258 e. The van der Waals surface area contributed by atoms with Crippen molar-refractivity contribution in [2.24, 2.45) is 0 Å². The molecule has 0 rings (SSSR count).